The molecule has 0 aliphatic carbocycles. The molecule has 0 bridgehead atoms. The molecule has 22 heavy (non-hydrogen) atoms. The average molecular weight is 372 g/mol. The summed E-state index contributed by atoms with van der Waals surface area (Å²) in [4.78, 5) is 6.82. The van der Waals surface area contributed by atoms with Crippen molar-refractivity contribution in [2.24, 2.45) is 0 Å². The number of aromatic nitrogens is 1. The summed E-state index contributed by atoms with van der Waals surface area (Å²) in [6.45, 7) is 4.61. The third-order valence-corrected chi connectivity index (χ3v) is 3.93. The molecule has 128 valence electrons. The number of nitrogens with one attached hydrogen (secondary N) is 1. The number of ether oxygens (including phenoxy) is 1. The van der Waals surface area contributed by atoms with Crippen molar-refractivity contribution in [2.75, 3.05) is 43.4 Å². The molecule has 1 aromatic rings. The Balaban J connectivity index is 0.00000147. The summed E-state index contributed by atoms with van der Waals surface area (Å²) in [5.41, 5.74) is 9.13. The number of hydrogen-bond donors (Lipinski definition) is 2. The molecule has 3 N–H and O–H groups in total. The van der Waals surface area contributed by atoms with Gasteiger partial charge in [0.25, 0.3) is 0 Å². The molecule has 2 aliphatic rings. The highest BCUT2D eigenvalue weighted by atomic mass is 35.5. The molecule has 2 saturated heterocycles. The molecule has 0 spiro atoms. The van der Waals surface area contributed by atoms with E-state index in [2.05, 4.69) is 15.2 Å². The Morgan fingerprint density at radius 2 is 1.91 bits per heavy atom. The van der Waals surface area contributed by atoms with Gasteiger partial charge in [0.05, 0.1) is 23.7 Å². The molecular formula is C14H25Cl3N4O. The van der Waals surface area contributed by atoms with E-state index < -0.39 is 0 Å². The van der Waals surface area contributed by atoms with Crippen LogP contribution in [-0.4, -0.2) is 37.8 Å². The van der Waals surface area contributed by atoms with Gasteiger partial charge in [0.15, 0.2) is 0 Å². The number of rotatable bonds is 2. The molecule has 8 heteroatoms. The largest absolute Gasteiger partial charge is 0.395 e. The molecule has 2 aliphatic heterocycles. The van der Waals surface area contributed by atoms with E-state index in [1.807, 2.05) is 12.3 Å². The third kappa shape index (κ3) is 4.77. The smallest absolute Gasteiger partial charge is 0.114 e. The lowest BCUT2D eigenvalue weighted by Gasteiger charge is -2.31. The number of piperidine rings is 1. The molecule has 1 atom stereocenters. The van der Waals surface area contributed by atoms with Gasteiger partial charge in [0.2, 0.25) is 0 Å². The van der Waals surface area contributed by atoms with Crippen molar-refractivity contribution in [3.63, 3.8) is 0 Å². The number of nitrogen functional groups attached to an aromatic ring is 1. The maximum atomic E-state index is 6.33. The zero-order chi connectivity index (χ0) is 13.1. The number of anilines is 2. The number of nitrogens with zero attached hydrogens (tertiary/aromatic N) is 2. The number of hydrogen-bond acceptors (Lipinski definition) is 5. The number of pyridine rings is 1. The number of morpholine rings is 1. The van der Waals surface area contributed by atoms with Crippen LogP contribution in [0.15, 0.2) is 12.3 Å². The SMILES string of the molecule is Cl.Cl.Cl.Nc1c(N2CCCCC2)ccnc1C1CNCCO1. The quantitative estimate of drug-likeness (QED) is 0.836. The fourth-order valence-electron chi connectivity index (χ4n) is 2.89. The van der Waals surface area contributed by atoms with Crippen molar-refractivity contribution in [3.8, 4) is 0 Å². The van der Waals surface area contributed by atoms with Gasteiger partial charge in [-0.15, -0.1) is 37.2 Å². The fourth-order valence-corrected chi connectivity index (χ4v) is 2.89. The van der Waals surface area contributed by atoms with Crippen LogP contribution in [0.25, 0.3) is 0 Å². The van der Waals surface area contributed by atoms with Crippen molar-refractivity contribution < 1.29 is 4.74 Å². The number of nitrogens with two attached hydrogens (primary N) is 1. The molecule has 0 radical (unpaired) electrons. The van der Waals surface area contributed by atoms with Gasteiger partial charge in [-0.3, -0.25) is 4.98 Å². The molecular weight excluding hydrogens is 347 g/mol. The normalized spacial score (nSPS) is 21.1. The van der Waals surface area contributed by atoms with Crippen LogP contribution in [0.5, 0.6) is 0 Å². The summed E-state index contributed by atoms with van der Waals surface area (Å²) in [7, 11) is 0. The highest BCUT2D eigenvalue weighted by Crippen LogP contribution is 2.32. The predicted octanol–water partition coefficient (Wildman–Crippen LogP) is 2.58. The van der Waals surface area contributed by atoms with E-state index in [-0.39, 0.29) is 43.3 Å². The molecule has 0 aromatic carbocycles. The van der Waals surface area contributed by atoms with Gasteiger partial charge in [0.1, 0.15) is 6.10 Å². The Labute approximate surface area is 150 Å². The summed E-state index contributed by atoms with van der Waals surface area (Å²) in [6.07, 6.45) is 5.66. The van der Waals surface area contributed by atoms with E-state index in [9.17, 15) is 0 Å². The van der Waals surface area contributed by atoms with Crippen LogP contribution in [-0.2, 0) is 4.74 Å². The Kier molecular flexibility index (Phi) is 10.1. The summed E-state index contributed by atoms with van der Waals surface area (Å²) in [5.74, 6) is 0. The highest BCUT2D eigenvalue weighted by molar-refractivity contribution is 5.86. The minimum absolute atomic E-state index is 0. The van der Waals surface area contributed by atoms with Crippen LogP contribution in [0.2, 0.25) is 0 Å². The van der Waals surface area contributed by atoms with Crippen LogP contribution >= 0.6 is 37.2 Å². The first kappa shape index (κ1) is 21.5. The van der Waals surface area contributed by atoms with Crippen molar-refractivity contribution in [1.82, 2.24) is 10.3 Å². The molecule has 3 heterocycles. The van der Waals surface area contributed by atoms with Crippen molar-refractivity contribution in [3.05, 3.63) is 18.0 Å². The van der Waals surface area contributed by atoms with Crippen LogP contribution in [0.3, 0.4) is 0 Å². The fraction of sp³-hybridized carbons (Fsp3) is 0.643. The molecule has 0 amide bonds. The first-order chi connectivity index (χ1) is 9.36. The van der Waals surface area contributed by atoms with E-state index in [4.69, 9.17) is 10.5 Å². The maximum Gasteiger partial charge on any atom is 0.114 e. The second-order valence-electron chi connectivity index (χ2n) is 5.24. The van der Waals surface area contributed by atoms with Gasteiger partial charge in [0, 0.05) is 32.4 Å². The Bertz CT molecular complexity index is 402. The maximum absolute atomic E-state index is 6.33. The monoisotopic (exact) mass is 370 g/mol. The second kappa shape index (κ2) is 10.3. The lowest BCUT2D eigenvalue weighted by molar-refractivity contribution is 0.0255. The first-order valence-corrected chi connectivity index (χ1v) is 7.18. The standard InChI is InChI=1S/C14H22N4O.3ClH/c15-13-11(18-7-2-1-3-8-18)4-5-17-14(13)12-10-16-6-9-19-12;;;/h4-5,12,16H,1-3,6-10,15H2;3*1H. The summed E-state index contributed by atoms with van der Waals surface area (Å²) >= 11 is 0. The molecule has 1 unspecified atom stereocenters. The van der Waals surface area contributed by atoms with Gasteiger partial charge in [-0.2, -0.15) is 0 Å². The number of halogens is 3. The van der Waals surface area contributed by atoms with Crippen LogP contribution in [0.4, 0.5) is 11.4 Å². The van der Waals surface area contributed by atoms with E-state index in [1.54, 1.807) is 0 Å². The summed E-state index contributed by atoms with van der Waals surface area (Å²) < 4.78 is 5.76. The lowest BCUT2D eigenvalue weighted by Crippen LogP contribution is -2.35. The Morgan fingerprint density at radius 1 is 1.18 bits per heavy atom. The average Bonchev–Trinajstić information content (AvgIpc) is 2.49. The van der Waals surface area contributed by atoms with Crippen LogP contribution < -0.4 is 16.0 Å². The van der Waals surface area contributed by atoms with Crippen LogP contribution in [0, 0.1) is 0 Å². The predicted molar refractivity (Wildman–Crippen MR) is 98.0 cm³/mol. The Morgan fingerprint density at radius 3 is 2.55 bits per heavy atom. The second-order valence-corrected chi connectivity index (χ2v) is 5.24. The summed E-state index contributed by atoms with van der Waals surface area (Å²) in [5, 5.41) is 3.33. The van der Waals surface area contributed by atoms with Gasteiger partial charge in [-0.1, -0.05) is 0 Å². The zero-order valence-corrected chi connectivity index (χ0v) is 14.9. The van der Waals surface area contributed by atoms with Gasteiger partial charge < -0.3 is 20.7 Å². The third-order valence-electron chi connectivity index (χ3n) is 3.93. The van der Waals surface area contributed by atoms with Crippen molar-refractivity contribution >= 4 is 48.6 Å². The first-order valence-electron chi connectivity index (χ1n) is 7.18. The van der Waals surface area contributed by atoms with Crippen molar-refractivity contribution in [1.29, 1.82) is 0 Å². The van der Waals surface area contributed by atoms with Crippen LogP contribution in [0.1, 0.15) is 31.1 Å². The molecule has 5 nitrogen and oxygen atoms in total. The summed E-state index contributed by atoms with van der Waals surface area (Å²) in [6, 6.07) is 2.03. The molecule has 3 rings (SSSR count). The Hall–Kier alpha value is -0.460. The van der Waals surface area contributed by atoms with Gasteiger partial charge in [-0.25, -0.2) is 0 Å². The van der Waals surface area contributed by atoms with Gasteiger partial charge in [-0.05, 0) is 25.3 Å². The topological polar surface area (TPSA) is 63.4 Å². The minimum atomic E-state index is -0.0153. The lowest BCUT2D eigenvalue weighted by atomic mass is 10.1. The van der Waals surface area contributed by atoms with E-state index in [1.165, 1.54) is 19.3 Å². The minimum Gasteiger partial charge on any atom is -0.395 e. The highest BCUT2D eigenvalue weighted by Gasteiger charge is 2.23. The zero-order valence-electron chi connectivity index (χ0n) is 12.5. The molecule has 2 fully saturated rings. The van der Waals surface area contributed by atoms with E-state index in [0.29, 0.717) is 0 Å². The van der Waals surface area contributed by atoms with E-state index in [0.717, 1.165) is 49.9 Å². The van der Waals surface area contributed by atoms with E-state index >= 15 is 0 Å². The van der Waals surface area contributed by atoms with Gasteiger partial charge >= 0.3 is 0 Å². The molecule has 1 aromatic heterocycles. The molecule has 0 saturated carbocycles. The van der Waals surface area contributed by atoms with Crippen molar-refractivity contribution in [2.45, 2.75) is 25.4 Å².